The van der Waals surface area contributed by atoms with E-state index in [0.29, 0.717) is 5.69 Å². The number of nitrogens with one attached hydrogen (secondary N) is 1. The molecule has 0 unspecified atom stereocenters. The summed E-state index contributed by atoms with van der Waals surface area (Å²) in [5.41, 5.74) is 3.20. The Morgan fingerprint density at radius 1 is 1.14 bits per heavy atom. The Labute approximate surface area is 174 Å². The molecule has 1 N–H and O–H groups in total. The van der Waals surface area contributed by atoms with Gasteiger partial charge in [0, 0.05) is 23.4 Å². The monoisotopic (exact) mass is 423 g/mol. The Bertz CT molecular complexity index is 1240. The third kappa shape index (κ3) is 3.83. The minimum atomic E-state index is -0.564. The summed E-state index contributed by atoms with van der Waals surface area (Å²) >= 11 is 7.66. The zero-order chi connectivity index (χ0) is 20.5. The van der Waals surface area contributed by atoms with Gasteiger partial charge >= 0.3 is 0 Å². The maximum absolute atomic E-state index is 12.6. The molecule has 0 aliphatic carbocycles. The number of rotatable bonds is 4. The van der Waals surface area contributed by atoms with Crippen LogP contribution in [0.25, 0.3) is 20.8 Å². The van der Waals surface area contributed by atoms with Crippen molar-refractivity contribution in [2.75, 3.05) is 5.32 Å². The van der Waals surface area contributed by atoms with E-state index in [1.54, 1.807) is 17.4 Å². The van der Waals surface area contributed by atoms with Gasteiger partial charge in [0.25, 0.3) is 11.6 Å². The van der Waals surface area contributed by atoms with Crippen molar-refractivity contribution in [2.45, 2.75) is 6.92 Å². The summed E-state index contributed by atoms with van der Waals surface area (Å²) in [6.07, 6.45) is 0. The van der Waals surface area contributed by atoms with Crippen molar-refractivity contribution in [1.82, 2.24) is 4.98 Å². The van der Waals surface area contributed by atoms with E-state index in [9.17, 15) is 14.9 Å². The first-order valence-electron chi connectivity index (χ1n) is 8.64. The van der Waals surface area contributed by atoms with Crippen molar-refractivity contribution in [3.05, 3.63) is 86.9 Å². The van der Waals surface area contributed by atoms with Crippen molar-refractivity contribution < 1.29 is 9.72 Å². The fourth-order valence-corrected chi connectivity index (χ4v) is 4.09. The number of fused-ring (bicyclic) bond motifs is 1. The number of halogens is 1. The fourth-order valence-electron chi connectivity index (χ4n) is 2.92. The first-order chi connectivity index (χ1) is 13.9. The Balaban J connectivity index is 1.61. The van der Waals surface area contributed by atoms with Crippen LogP contribution < -0.4 is 5.32 Å². The molecule has 0 bridgehead atoms. The van der Waals surface area contributed by atoms with Gasteiger partial charge in [0.15, 0.2) is 0 Å². The molecule has 3 aromatic carbocycles. The number of hydrogen-bond donors (Lipinski definition) is 1. The summed E-state index contributed by atoms with van der Waals surface area (Å²) in [6.45, 7) is 1.88. The maximum atomic E-state index is 12.6. The lowest BCUT2D eigenvalue weighted by Gasteiger charge is -2.10. The predicted molar refractivity (Wildman–Crippen MR) is 116 cm³/mol. The van der Waals surface area contributed by atoms with Crippen LogP contribution >= 0.6 is 22.9 Å². The van der Waals surface area contributed by atoms with Gasteiger partial charge in [-0.25, -0.2) is 4.98 Å². The molecule has 0 aliphatic rings. The number of aryl methyl sites for hydroxylation is 1. The number of amides is 1. The number of para-hydroxylation sites is 1. The highest BCUT2D eigenvalue weighted by molar-refractivity contribution is 7.21. The van der Waals surface area contributed by atoms with E-state index in [1.807, 2.05) is 43.3 Å². The number of anilines is 1. The van der Waals surface area contributed by atoms with Gasteiger partial charge in [-0.05, 0) is 48.9 Å². The highest BCUT2D eigenvalue weighted by Crippen LogP contribution is 2.32. The molecule has 8 heteroatoms. The van der Waals surface area contributed by atoms with E-state index in [-0.39, 0.29) is 16.3 Å². The van der Waals surface area contributed by atoms with Gasteiger partial charge in [0.1, 0.15) is 5.01 Å². The Morgan fingerprint density at radius 2 is 1.93 bits per heavy atom. The minimum Gasteiger partial charge on any atom is -0.322 e. The second kappa shape index (κ2) is 7.62. The Hall–Kier alpha value is -3.29. The van der Waals surface area contributed by atoms with E-state index in [4.69, 9.17) is 11.6 Å². The van der Waals surface area contributed by atoms with Crippen molar-refractivity contribution in [3.8, 4) is 10.6 Å². The lowest BCUT2D eigenvalue weighted by molar-refractivity contribution is -0.384. The molecule has 0 radical (unpaired) electrons. The zero-order valence-electron chi connectivity index (χ0n) is 15.2. The van der Waals surface area contributed by atoms with Crippen LogP contribution in [0.5, 0.6) is 0 Å². The van der Waals surface area contributed by atoms with Crippen LogP contribution in [-0.4, -0.2) is 15.8 Å². The second-order valence-corrected chi connectivity index (χ2v) is 7.83. The molecule has 29 heavy (non-hydrogen) atoms. The summed E-state index contributed by atoms with van der Waals surface area (Å²) < 4.78 is 1.11. The van der Waals surface area contributed by atoms with Crippen LogP contribution in [-0.2, 0) is 0 Å². The molecule has 0 atom stereocenters. The number of nitrogens with zero attached hydrogens (tertiary/aromatic N) is 2. The molecule has 1 amide bonds. The average Bonchev–Trinajstić information content (AvgIpc) is 3.13. The van der Waals surface area contributed by atoms with Crippen molar-refractivity contribution in [1.29, 1.82) is 0 Å². The minimum absolute atomic E-state index is 0.0514. The number of thiazole rings is 1. The number of nitro groups is 1. The Kier molecular flexibility index (Phi) is 5.00. The predicted octanol–water partition coefficient (Wildman–Crippen LogP) is 6.09. The number of carbonyl (C=O) groups is 1. The summed E-state index contributed by atoms with van der Waals surface area (Å²) in [6, 6.07) is 17.3. The molecule has 0 aliphatic heterocycles. The van der Waals surface area contributed by atoms with Crippen LogP contribution in [0.3, 0.4) is 0 Å². The fraction of sp³-hybridized carbons (Fsp3) is 0.0476. The molecule has 1 aromatic heterocycles. The smallest absolute Gasteiger partial charge is 0.270 e. The van der Waals surface area contributed by atoms with Gasteiger partial charge in [0.2, 0.25) is 0 Å². The quantitative estimate of drug-likeness (QED) is 0.318. The molecule has 0 saturated heterocycles. The van der Waals surface area contributed by atoms with E-state index in [0.717, 1.165) is 26.4 Å². The van der Waals surface area contributed by atoms with Crippen LogP contribution in [0.4, 0.5) is 11.4 Å². The molecule has 144 valence electrons. The molecule has 4 aromatic rings. The third-order valence-electron chi connectivity index (χ3n) is 4.42. The summed E-state index contributed by atoms with van der Waals surface area (Å²) in [5.74, 6) is -0.505. The topological polar surface area (TPSA) is 85.1 Å². The molecule has 4 rings (SSSR count). The standard InChI is InChI=1S/C21H14ClN3O3S/c1-12-10-13(21-24-18-4-2-3-5-19(18)29-21)6-9-17(12)23-20(26)15-11-14(25(27)28)7-8-16(15)22/h2-11H,1H3,(H,23,26). The normalized spacial score (nSPS) is 10.8. The van der Waals surface area contributed by atoms with Gasteiger partial charge in [-0.3, -0.25) is 14.9 Å². The average molecular weight is 424 g/mol. The number of non-ortho nitro benzene ring substituents is 1. The molecule has 0 spiro atoms. The van der Waals surface area contributed by atoms with Crippen LogP contribution in [0.15, 0.2) is 60.7 Å². The molecule has 0 saturated carbocycles. The van der Waals surface area contributed by atoms with E-state index in [1.165, 1.54) is 18.2 Å². The van der Waals surface area contributed by atoms with Crippen LogP contribution in [0, 0.1) is 17.0 Å². The van der Waals surface area contributed by atoms with Crippen molar-refractivity contribution >= 4 is 50.4 Å². The number of benzene rings is 3. The SMILES string of the molecule is Cc1cc(-c2nc3ccccc3s2)ccc1NC(=O)c1cc([N+](=O)[O-])ccc1Cl. The molecular formula is C21H14ClN3O3S. The lowest BCUT2D eigenvalue weighted by Crippen LogP contribution is -2.13. The molecule has 6 nitrogen and oxygen atoms in total. The Morgan fingerprint density at radius 3 is 2.66 bits per heavy atom. The highest BCUT2D eigenvalue weighted by atomic mass is 35.5. The van der Waals surface area contributed by atoms with Crippen LogP contribution in [0.2, 0.25) is 5.02 Å². The van der Waals surface area contributed by atoms with Crippen molar-refractivity contribution in [2.24, 2.45) is 0 Å². The maximum Gasteiger partial charge on any atom is 0.270 e. The van der Waals surface area contributed by atoms with E-state index < -0.39 is 10.8 Å². The van der Waals surface area contributed by atoms with Gasteiger partial charge in [-0.15, -0.1) is 11.3 Å². The summed E-state index contributed by atoms with van der Waals surface area (Å²) in [7, 11) is 0. The first kappa shape index (κ1) is 19.0. The zero-order valence-corrected chi connectivity index (χ0v) is 16.8. The van der Waals surface area contributed by atoms with Crippen LogP contribution in [0.1, 0.15) is 15.9 Å². The van der Waals surface area contributed by atoms with Gasteiger partial charge in [-0.1, -0.05) is 23.7 Å². The molecule has 1 heterocycles. The van der Waals surface area contributed by atoms with Crippen molar-refractivity contribution in [3.63, 3.8) is 0 Å². The first-order valence-corrected chi connectivity index (χ1v) is 9.84. The highest BCUT2D eigenvalue weighted by Gasteiger charge is 2.17. The lowest BCUT2D eigenvalue weighted by atomic mass is 10.1. The summed E-state index contributed by atoms with van der Waals surface area (Å²) in [5, 5.41) is 14.8. The largest absolute Gasteiger partial charge is 0.322 e. The van der Waals surface area contributed by atoms with E-state index >= 15 is 0 Å². The summed E-state index contributed by atoms with van der Waals surface area (Å²) in [4.78, 5) is 27.7. The van der Waals surface area contributed by atoms with E-state index in [2.05, 4.69) is 10.3 Å². The van der Waals surface area contributed by atoms with Gasteiger partial charge in [0.05, 0.1) is 25.7 Å². The second-order valence-electron chi connectivity index (χ2n) is 6.39. The number of hydrogen-bond acceptors (Lipinski definition) is 5. The molecular weight excluding hydrogens is 410 g/mol. The molecule has 0 fully saturated rings. The van der Waals surface area contributed by atoms with Gasteiger partial charge < -0.3 is 5.32 Å². The number of aromatic nitrogens is 1. The number of carbonyl (C=O) groups excluding carboxylic acids is 1. The number of nitro benzene ring substituents is 1. The van der Waals surface area contributed by atoms with Gasteiger partial charge in [-0.2, -0.15) is 0 Å². The third-order valence-corrected chi connectivity index (χ3v) is 5.84.